The van der Waals surface area contributed by atoms with E-state index in [1.165, 1.54) is 0 Å². The van der Waals surface area contributed by atoms with E-state index in [0.717, 1.165) is 50.3 Å². The van der Waals surface area contributed by atoms with Crippen molar-refractivity contribution in [1.29, 1.82) is 0 Å². The van der Waals surface area contributed by atoms with E-state index in [9.17, 15) is 9.59 Å². The van der Waals surface area contributed by atoms with Crippen LogP contribution in [-0.2, 0) is 13.0 Å². The predicted molar refractivity (Wildman–Crippen MR) is 115 cm³/mol. The third-order valence-corrected chi connectivity index (χ3v) is 5.29. The molecule has 29 heavy (non-hydrogen) atoms. The molecule has 1 amide bonds. The Balaban J connectivity index is 1.63. The van der Waals surface area contributed by atoms with Crippen LogP contribution in [0.3, 0.4) is 0 Å². The molecule has 0 saturated carbocycles. The Bertz CT molecular complexity index is 1100. The molecule has 1 aromatic carbocycles. The molecule has 0 unspecified atom stereocenters. The first-order chi connectivity index (χ1) is 14.0. The standard InChI is InChI=1S/C22H25N5O2/c1-26(2)19-11-9-16(14-23-19)24-21(28)15-8-10-17-18(13-15)25-20-7-5-3-4-6-12-27(20)22(17)29/h8-11,13-14H,3-7,12H2,1-2H3,(H,24,28). The van der Waals surface area contributed by atoms with Crippen LogP contribution in [0.25, 0.3) is 10.9 Å². The molecule has 2 aromatic heterocycles. The van der Waals surface area contributed by atoms with Gasteiger partial charge in [0.15, 0.2) is 0 Å². The summed E-state index contributed by atoms with van der Waals surface area (Å²) in [5.41, 5.74) is 1.65. The summed E-state index contributed by atoms with van der Waals surface area (Å²) >= 11 is 0. The summed E-state index contributed by atoms with van der Waals surface area (Å²) in [5, 5.41) is 3.41. The van der Waals surface area contributed by atoms with E-state index in [4.69, 9.17) is 4.98 Å². The number of rotatable bonds is 3. The summed E-state index contributed by atoms with van der Waals surface area (Å²) in [6.45, 7) is 0.718. The van der Waals surface area contributed by atoms with Crippen molar-refractivity contribution in [1.82, 2.24) is 14.5 Å². The maximum atomic E-state index is 12.9. The SMILES string of the molecule is CN(C)c1ccc(NC(=O)c2ccc3c(=O)n4c(nc3c2)CCCCCC4)cn1. The van der Waals surface area contributed by atoms with Crippen molar-refractivity contribution in [2.75, 3.05) is 24.3 Å². The van der Waals surface area contributed by atoms with Gasteiger partial charge in [-0.2, -0.15) is 0 Å². The molecule has 0 fully saturated rings. The quantitative estimate of drug-likeness (QED) is 0.741. The number of amides is 1. The van der Waals surface area contributed by atoms with Gasteiger partial charge in [0.2, 0.25) is 0 Å². The molecule has 3 aromatic rings. The number of pyridine rings is 1. The first-order valence-corrected chi connectivity index (χ1v) is 10.0. The van der Waals surface area contributed by atoms with Gasteiger partial charge in [0.1, 0.15) is 11.6 Å². The molecular formula is C22H25N5O2. The monoisotopic (exact) mass is 391 g/mol. The van der Waals surface area contributed by atoms with E-state index < -0.39 is 0 Å². The summed E-state index contributed by atoms with van der Waals surface area (Å²) in [4.78, 5) is 36.5. The minimum absolute atomic E-state index is 0.0117. The number of benzene rings is 1. The van der Waals surface area contributed by atoms with E-state index in [1.807, 2.05) is 31.1 Å². The van der Waals surface area contributed by atoms with Gasteiger partial charge in [0.05, 0.1) is 22.8 Å². The average Bonchev–Trinajstić information content (AvgIpc) is 2.69. The molecule has 4 rings (SSSR count). The zero-order chi connectivity index (χ0) is 20.4. The molecule has 1 aliphatic heterocycles. The van der Waals surface area contributed by atoms with Crippen LogP contribution in [0.5, 0.6) is 0 Å². The minimum atomic E-state index is -0.250. The fraction of sp³-hybridized carbons (Fsp3) is 0.364. The van der Waals surface area contributed by atoms with Crippen LogP contribution in [0.4, 0.5) is 11.5 Å². The number of nitrogens with one attached hydrogen (secondary N) is 1. The molecule has 0 atom stereocenters. The average molecular weight is 391 g/mol. The van der Waals surface area contributed by atoms with Gasteiger partial charge in [-0.15, -0.1) is 0 Å². The molecule has 0 bridgehead atoms. The maximum absolute atomic E-state index is 12.9. The van der Waals surface area contributed by atoms with Crippen LogP contribution in [0.2, 0.25) is 0 Å². The maximum Gasteiger partial charge on any atom is 0.261 e. The van der Waals surface area contributed by atoms with Gasteiger partial charge in [-0.3, -0.25) is 14.2 Å². The number of hydrogen-bond donors (Lipinski definition) is 1. The Hall–Kier alpha value is -3.22. The molecule has 7 heteroatoms. The number of anilines is 2. The highest BCUT2D eigenvalue weighted by molar-refractivity contribution is 6.06. The largest absolute Gasteiger partial charge is 0.363 e. The van der Waals surface area contributed by atoms with E-state index in [-0.39, 0.29) is 11.5 Å². The van der Waals surface area contributed by atoms with E-state index in [1.54, 1.807) is 29.0 Å². The molecule has 0 radical (unpaired) electrons. The summed E-state index contributed by atoms with van der Waals surface area (Å²) in [7, 11) is 3.82. The van der Waals surface area contributed by atoms with Gasteiger partial charge in [0.25, 0.3) is 11.5 Å². The fourth-order valence-corrected chi connectivity index (χ4v) is 3.66. The van der Waals surface area contributed by atoms with Crippen LogP contribution in [0.15, 0.2) is 41.3 Å². The van der Waals surface area contributed by atoms with Crippen molar-refractivity contribution in [3.8, 4) is 0 Å². The van der Waals surface area contributed by atoms with Crippen LogP contribution in [-0.4, -0.2) is 34.5 Å². The smallest absolute Gasteiger partial charge is 0.261 e. The number of carbonyl (C=O) groups excluding carboxylic acids is 1. The number of hydrogen-bond acceptors (Lipinski definition) is 5. The van der Waals surface area contributed by atoms with E-state index in [0.29, 0.717) is 22.2 Å². The second-order valence-electron chi connectivity index (χ2n) is 7.63. The number of nitrogens with zero attached hydrogens (tertiary/aromatic N) is 4. The van der Waals surface area contributed by atoms with Crippen LogP contribution in [0.1, 0.15) is 41.9 Å². The predicted octanol–water partition coefficient (Wildman–Crippen LogP) is 3.23. The van der Waals surface area contributed by atoms with E-state index >= 15 is 0 Å². The Kier molecular flexibility index (Phi) is 5.29. The Morgan fingerprint density at radius 1 is 1.10 bits per heavy atom. The molecule has 7 nitrogen and oxygen atoms in total. The van der Waals surface area contributed by atoms with Crippen LogP contribution in [0, 0.1) is 0 Å². The number of aromatic nitrogens is 3. The molecule has 0 aliphatic carbocycles. The lowest BCUT2D eigenvalue weighted by molar-refractivity contribution is 0.102. The topological polar surface area (TPSA) is 80.1 Å². The third kappa shape index (κ3) is 3.99. The fourth-order valence-electron chi connectivity index (χ4n) is 3.66. The summed E-state index contributed by atoms with van der Waals surface area (Å²) in [5.74, 6) is 1.39. The zero-order valence-corrected chi connectivity index (χ0v) is 16.8. The summed E-state index contributed by atoms with van der Waals surface area (Å²) in [6.07, 6.45) is 6.77. The zero-order valence-electron chi connectivity index (χ0n) is 16.8. The normalized spacial score (nSPS) is 14.0. The lowest BCUT2D eigenvalue weighted by Gasteiger charge is -2.16. The van der Waals surface area contributed by atoms with Gasteiger partial charge >= 0.3 is 0 Å². The van der Waals surface area contributed by atoms with Crippen molar-refractivity contribution in [2.45, 2.75) is 38.6 Å². The van der Waals surface area contributed by atoms with Crippen molar-refractivity contribution >= 4 is 28.3 Å². The molecular weight excluding hydrogens is 366 g/mol. The van der Waals surface area contributed by atoms with Gasteiger partial charge in [-0.05, 0) is 43.2 Å². The molecule has 1 N–H and O–H groups in total. The number of fused-ring (bicyclic) bond motifs is 2. The minimum Gasteiger partial charge on any atom is -0.363 e. The molecule has 0 saturated heterocycles. The van der Waals surface area contributed by atoms with Gasteiger partial charge in [0, 0.05) is 32.6 Å². The van der Waals surface area contributed by atoms with Gasteiger partial charge in [-0.25, -0.2) is 9.97 Å². The van der Waals surface area contributed by atoms with Gasteiger partial charge < -0.3 is 10.2 Å². The molecule has 3 heterocycles. The van der Waals surface area contributed by atoms with E-state index in [2.05, 4.69) is 10.3 Å². The third-order valence-electron chi connectivity index (χ3n) is 5.29. The molecule has 0 spiro atoms. The lowest BCUT2D eigenvalue weighted by atomic mass is 10.1. The highest BCUT2D eigenvalue weighted by Crippen LogP contribution is 2.18. The first kappa shape index (κ1) is 19.1. The van der Waals surface area contributed by atoms with Crippen LogP contribution >= 0.6 is 0 Å². The van der Waals surface area contributed by atoms with Crippen molar-refractivity contribution in [3.05, 3.63) is 58.3 Å². The number of carbonyl (C=O) groups is 1. The first-order valence-electron chi connectivity index (χ1n) is 10.0. The van der Waals surface area contributed by atoms with Crippen LogP contribution < -0.4 is 15.8 Å². The highest BCUT2D eigenvalue weighted by atomic mass is 16.1. The molecule has 1 aliphatic rings. The van der Waals surface area contributed by atoms with Crippen molar-refractivity contribution < 1.29 is 4.79 Å². The Morgan fingerprint density at radius 3 is 2.69 bits per heavy atom. The Labute approximate surface area is 169 Å². The Morgan fingerprint density at radius 2 is 1.93 bits per heavy atom. The van der Waals surface area contributed by atoms with Crippen molar-refractivity contribution in [3.63, 3.8) is 0 Å². The highest BCUT2D eigenvalue weighted by Gasteiger charge is 2.15. The lowest BCUT2D eigenvalue weighted by Crippen LogP contribution is -2.26. The van der Waals surface area contributed by atoms with Crippen molar-refractivity contribution in [2.24, 2.45) is 0 Å². The second-order valence-corrected chi connectivity index (χ2v) is 7.63. The number of aryl methyl sites for hydroxylation is 1. The summed E-state index contributed by atoms with van der Waals surface area (Å²) in [6, 6.07) is 8.75. The van der Waals surface area contributed by atoms with Gasteiger partial charge in [-0.1, -0.05) is 12.8 Å². The molecule has 150 valence electrons. The second kappa shape index (κ2) is 8.03. The summed E-state index contributed by atoms with van der Waals surface area (Å²) < 4.78 is 1.80.